The van der Waals surface area contributed by atoms with Crippen LogP contribution in [-0.2, 0) is 7.05 Å². The summed E-state index contributed by atoms with van der Waals surface area (Å²) in [6.07, 6.45) is 4.17. The van der Waals surface area contributed by atoms with Crippen molar-refractivity contribution in [2.24, 2.45) is 13.0 Å². The van der Waals surface area contributed by atoms with Crippen molar-refractivity contribution in [3.63, 3.8) is 0 Å². The van der Waals surface area contributed by atoms with Gasteiger partial charge in [0.05, 0.1) is 11.5 Å². The van der Waals surface area contributed by atoms with Crippen molar-refractivity contribution >= 4 is 21.4 Å². The molecule has 0 unspecified atom stereocenters. The van der Waals surface area contributed by atoms with Crippen LogP contribution in [0.3, 0.4) is 0 Å². The van der Waals surface area contributed by atoms with Crippen LogP contribution in [0, 0.1) is 5.92 Å². The van der Waals surface area contributed by atoms with E-state index in [4.69, 9.17) is 4.74 Å². The van der Waals surface area contributed by atoms with E-state index in [1.54, 1.807) is 37.7 Å². The molecule has 1 aromatic heterocycles. The zero-order chi connectivity index (χ0) is 20.8. The van der Waals surface area contributed by atoms with Crippen LogP contribution in [0.2, 0.25) is 0 Å². The van der Waals surface area contributed by atoms with Gasteiger partial charge in [0, 0.05) is 35.0 Å². The quantitative estimate of drug-likeness (QED) is 0.559. The highest BCUT2D eigenvalue weighted by Crippen LogP contribution is 2.54. The van der Waals surface area contributed by atoms with Crippen molar-refractivity contribution in [2.75, 3.05) is 6.61 Å². The largest absolute Gasteiger partial charge is 0.493 e. The van der Waals surface area contributed by atoms with Crippen molar-refractivity contribution in [1.29, 1.82) is 0 Å². The Morgan fingerprint density at radius 3 is 2.45 bits per heavy atom. The lowest BCUT2D eigenvalue weighted by Crippen LogP contribution is -2.16. The Morgan fingerprint density at radius 2 is 1.79 bits per heavy atom. The molecule has 2 N–H and O–H groups in total. The molecule has 1 aliphatic rings. The predicted octanol–water partition coefficient (Wildman–Crippen LogP) is 5.51. The molecule has 1 heterocycles. The van der Waals surface area contributed by atoms with Crippen molar-refractivity contribution in [3.8, 4) is 16.9 Å². The second kappa shape index (κ2) is 7.52. The summed E-state index contributed by atoms with van der Waals surface area (Å²) in [4.78, 5) is 13.1. The van der Waals surface area contributed by atoms with Gasteiger partial charge < -0.3 is 9.30 Å². The average molecular weight is 414 g/mol. The van der Waals surface area contributed by atoms with E-state index in [2.05, 4.69) is 0 Å². The zero-order valence-corrected chi connectivity index (χ0v) is 17.8. The lowest BCUT2D eigenvalue weighted by atomic mass is 10.00. The lowest BCUT2D eigenvalue weighted by molar-refractivity contribution is 0.301. The van der Waals surface area contributed by atoms with E-state index in [9.17, 15) is 13.9 Å². The number of pyridine rings is 1. The molecule has 1 aliphatic carbocycles. The third-order valence-electron chi connectivity index (χ3n) is 5.51. The maximum atomic E-state index is 12.6. The third-order valence-corrected chi connectivity index (χ3v) is 7.77. The van der Waals surface area contributed by atoms with E-state index >= 15 is 0 Å². The second-order valence-electron chi connectivity index (χ2n) is 8.06. The summed E-state index contributed by atoms with van der Waals surface area (Å²) in [6.45, 7) is 4.25. The van der Waals surface area contributed by atoms with E-state index in [0.29, 0.717) is 28.6 Å². The van der Waals surface area contributed by atoms with Gasteiger partial charge in [-0.25, -0.2) is 0 Å². The molecule has 0 bridgehead atoms. The molecule has 3 aromatic rings. The van der Waals surface area contributed by atoms with Gasteiger partial charge in [-0.3, -0.25) is 13.9 Å². The molecule has 1 fully saturated rings. The van der Waals surface area contributed by atoms with Gasteiger partial charge in [-0.1, -0.05) is 18.2 Å². The minimum Gasteiger partial charge on any atom is -0.493 e. The Morgan fingerprint density at radius 1 is 1.10 bits per heavy atom. The van der Waals surface area contributed by atoms with Crippen molar-refractivity contribution in [1.82, 2.24) is 4.57 Å². The molecule has 0 spiro atoms. The molecule has 0 saturated heterocycles. The first-order valence-electron chi connectivity index (χ1n) is 9.91. The van der Waals surface area contributed by atoms with Gasteiger partial charge in [0.2, 0.25) is 0 Å². The van der Waals surface area contributed by atoms with E-state index in [1.165, 1.54) is 12.8 Å². The number of fused-ring (bicyclic) bond motifs is 1. The van der Waals surface area contributed by atoms with Gasteiger partial charge in [-0.15, -0.1) is 0 Å². The van der Waals surface area contributed by atoms with Gasteiger partial charge in [-0.05, 0) is 62.3 Å². The SMILES string of the molecule is CC(C)S(O)(O)c1ccc(OCC2CC2)c(-c2cn(C)c(=O)c3ccccc23)c1. The Labute approximate surface area is 172 Å². The normalized spacial score (nSPS) is 15.1. The Hall–Kier alpha value is -2.28. The fourth-order valence-electron chi connectivity index (χ4n) is 3.43. The molecule has 0 atom stereocenters. The number of ether oxygens (including phenoxy) is 1. The summed E-state index contributed by atoms with van der Waals surface area (Å²) in [6, 6.07) is 12.9. The van der Waals surface area contributed by atoms with Crippen LogP contribution in [-0.4, -0.2) is 25.5 Å². The van der Waals surface area contributed by atoms with Crippen molar-refractivity contribution in [3.05, 3.63) is 59.0 Å². The molecule has 29 heavy (non-hydrogen) atoms. The summed E-state index contributed by atoms with van der Waals surface area (Å²) in [7, 11) is -1.21. The van der Waals surface area contributed by atoms with Gasteiger partial charge in [0.15, 0.2) is 0 Å². The molecular weight excluding hydrogens is 386 g/mol. The highest BCUT2D eigenvalue weighted by Gasteiger charge is 2.25. The Bertz CT molecular complexity index is 1120. The first-order valence-corrected chi connectivity index (χ1v) is 11.5. The van der Waals surface area contributed by atoms with Crippen LogP contribution in [0.4, 0.5) is 0 Å². The van der Waals surface area contributed by atoms with E-state index < -0.39 is 10.6 Å². The van der Waals surface area contributed by atoms with Gasteiger partial charge in [-0.2, -0.15) is 10.6 Å². The van der Waals surface area contributed by atoms with Gasteiger partial charge >= 0.3 is 0 Å². The predicted molar refractivity (Wildman–Crippen MR) is 119 cm³/mol. The van der Waals surface area contributed by atoms with Crippen LogP contribution in [0.5, 0.6) is 5.75 Å². The van der Waals surface area contributed by atoms with Gasteiger partial charge in [0.25, 0.3) is 5.56 Å². The maximum absolute atomic E-state index is 12.6. The smallest absolute Gasteiger partial charge is 0.258 e. The minimum atomic E-state index is -2.94. The lowest BCUT2D eigenvalue weighted by Gasteiger charge is -2.37. The monoisotopic (exact) mass is 413 g/mol. The van der Waals surface area contributed by atoms with E-state index in [1.807, 2.05) is 36.4 Å². The zero-order valence-electron chi connectivity index (χ0n) is 17.0. The topological polar surface area (TPSA) is 71.7 Å². The van der Waals surface area contributed by atoms with E-state index in [-0.39, 0.29) is 10.8 Å². The number of hydrogen-bond acceptors (Lipinski definition) is 4. The first-order chi connectivity index (χ1) is 13.8. The summed E-state index contributed by atoms with van der Waals surface area (Å²) in [5.41, 5.74) is 1.55. The van der Waals surface area contributed by atoms with Gasteiger partial charge in [0.1, 0.15) is 5.75 Å². The summed E-state index contributed by atoms with van der Waals surface area (Å²) >= 11 is 0. The number of hydrogen-bond donors (Lipinski definition) is 2. The maximum Gasteiger partial charge on any atom is 0.258 e. The highest BCUT2D eigenvalue weighted by molar-refractivity contribution is 8.24. The molecule has 154 valence electrons. The molecule has 0 amide bonds. The van der Waals surface area contributed by atoms with Crippen LogP contribution >= 0.6 is 10.6 Å². The fraction of sp³-hybridized carbons (Fsp3) is 0.348. The molecule has 4 rings (SSSR count). The standard InChI is InChI=1S/C23H27NO4S/c1-15(2)29(26,27)17-10-11-22(28-14-16-8-9-16)20(12-17)21-13-24(3)23(25)19-7-5-4-6-18(19)21/h4-7,10-13,15-16,26-27H,8-9,14H2,1-3H3. The summed E-state index contributed by atoms with van der Waals surface area (Å²) in [5.74, 6) is 1.29. The number of aryl methyl sites for hydroxylation is 1. The van der Waals surface area contributed by atoms with Crippen LogP contribution in [0.1, 0.15) is 26.7 Å². The fourth-order valence-corrected chi connectivity index (χ4v) is 4.53. The molecule has 2 aromatic carbocycles. The van der Waals surface area contributed by atoms with Crippen molar-refractivity contribution < 1.29 is 13.8 Å². The number of aromatic nitrogens is 1. The molecule has 5 nitrogen and oxygen atoms in total. The van der Waals surface area contributed by atoms with E-state index in [0.717, 1.165) is 16.5 Å². The summed E-state index contributed by atoms with van der Waals surface area (Å²) in [5, 5.41) is 1.15. The van der Waals surface area contributed by atoms with Crippen LogP contribution < -0.4 is 10.3 Å². The second-order valence-corrected chi connectivity index (χ2v) is 10.7. The Balaban J connectivity index is 1.94. The molecule has 1 saturated carbocycles. The number of benzene rings is 2. The third kappa shape index (κ3) is 3.80. The molecular formula is C23H27NO4S. The number of rotatable bonds is 6. The first kappa shape index (κ1) is 20.0. The molecule has 6 heteroatoms. The van der Waals surface area contributed by atoms with Crippen LogP contribution in [0.15, 0.2) is 58.4 Å². The van der Waals surface area contributed by atoms with Crippen molar-refractivity contribution in [2.45, 2.75) is 36.8 Å². The Kier molecular flexibility index (Phi) is 5.19. The molecule has 0 aliphatic heterocycles. The minimum absolute atomic E-state index is 0.0626. The highest BCUT2D eigenvalue weighted by atomic mass is 32.3. The summed E-state index contributed by atoms with van der Waals surface area (Å²) < 4.78 is 29.1. The molecule has 0 radical (unpaired) electrons. The number of nitrogens with zero attached hydrogens (tertiary/aromatic N) is 1. The van der Waals surface area contributed by atoms with Crippen LogP contribution in [0.25, 0.3) is 21.9 Å². The average Bonchev–Trinajstić information content (AvgIpc) is 3.53.